The average molecular weight is 271 g/mol. The molecular weight excluding hydrogens is 254 g/mol. The average Bonchev–Trinajstić information content (AvgIpc) is 2.46. The van der Waals surface area contributed by atoms with Crippen LogP contribution in [0, 0.1) is 0 Å². The van der Waals surface area contributed by atoms with Gasteiger partial charge < -0.3 is 15.2 Å². The number of carboxylic acid groups (broad SMARTS) is 1. The lowest BCUT2D eigenvalue weighted by Crippen LogP contribution is -2.07. The molecule has 0 aliphatic carbocycles. The Hall–Kier alpha value is -2.49. The van der Waals surface area contributed by atoms with Crippen LogP contribution in [0.15, 0.2) is 48.5 Å². The van der Waals surface area contributed by atoms with Gasteiger partial charge in [-0.3, -0.25) is 4.79 Å². The predicted molar refractivity (Wildman–Crippen MR) is 78.1 cm³/mol. The van der Waals surface area contributed by atoms with Gasteiger partial charge in [0.1, 0.15) is 5.75 Å². The van der Waals surface area contributed by atoms with Crippen LogP contribution in [0.25, 0.3) is 0 Å². The summed E-state index contributed by atoms with van der Waals surface area (Å²) in [5.41, 5.74) is 2.75. The predicted octanol–water partition coefficient (Wildman–Crippen LogP) is 2.93. The molecule has 20 heavy (non-hydrogen) atoms. The minimum Gasteiger partial charge on any atom is -0.497 e. The van der Waals surface area contributed by atoms with Crippen LogP contribution in [0.5, 0.6) is 5.75 Å². The standard InChI is InChI=1S/C16H17NO3/c1-20-15-8-4-7-14(10-15)17-11-13-6-3-2-5-12(13)9-16(18)19/h2-8,10,17H,9,11H2,1H3,(H,18,19). The van der Waals surface area contributed by atoms with E-state index >= 15 is 0 Å². The zero-order chi connectivity index (χ0) is 14.4. The molecule has 2 rings (SSSR count). The third-order valence-corrected chi connectivity index (χ3v) is 3.01. The molecule has 2 N–H and O–H groups in total. The number of rotatable bonds is 6. The van der Waals surface area contributed by atoms with Crippen LogP contribution >= 0.6 is 0 Å². The summed E-state index contributed by atoms with van der Waals surface area (Å²) in [7, 11) is 1.63. The molecule has 0 atom stereocenters. The van der Waals surface area contributed by atoms with Gasteiger partial charge >= 0.3 is 5.97 Å². The second-order valence-corrected chi connectivity index (χ2v) is 4.42. The highest BCUT2D eigenvalue weighted by Crippen LogP contribution is 2.18. The van der Waals surface area contributed by atoms with Crippen molar-refractivity contribution < 1.29 is 14.6 Å². The number of benzene rings is 2. The van der Waals surface area contributed by atoms with Gasteiger partial charge in [0.05, 0.1) is 13.5 Å². The topological polar surface area (TPSA) is 58.6 Å². The zero-order valence-corrected chi connectivity index (χ0v) is 11.3. The number of nitrogens with one attached hydrogen (secondary N) is 1. The van der Waals surface area contributed by atoms with Crippen LogP contribution < -0.4 is 10.1 Å². The number of methoxy groups -OCH3 is 1. The van der Waals surface area contributed by atoms with Crippen LogP contribution in [0.2, 0.25) is 0 Å². The highest BCUT2D eigenvalue weighted by molar-refractivity contribution is 5.70. The van der Waals surface area contributed by atoms with Gasteiger partial charge in [-0.05, 0) is 23.3 Å². The maximum Gasteiger partial charge on any atom is 0.307 e. The summed E-state index contributed by atoms with van der Waals surface area (Å²) in [5, 5.41) is 12.2. The van der Waals surface area contributed by atoms with Crippen molar-refractivity contribution in [1.29, 1.82) is 0 Å². The maximum absolute atomic E-state index is 10.8. The molecule has 0 unspecified atom stereocenters. The number of aliphatic carboxylic acids is 1. The van der Waals surface area contributed by atoms with E-state index < -0.39 is 5.97 Å². The third-order valence-electron chi connectivity index (χ3n) is 3.01. The first-order chi connectivity index (χ1) is 9.69. The molecule has 0 bridgehead atoms. The van der Waals surface area contributed by atoms with Gasteiger partial charge in [-0.1, -0.05) is 30.3 Å². The smallest absolute Gasteiger partial charge is 0.307 e. The van der Waals surface area contributed by atoms with Gasteiger partial charge in [0, 0.05) is 18.3 Å². The van der Waals surface area contributed by atoms with Crippen LogP contribution in [-0.4, -0.2) is 18.2 Å². The maximum atomic E-state index is 10.8. The van der Waals surface area contributed by atoms with Gasteiger partial charge in [0.15, 0.2) is 0 Å². The Morgan fingerprint density at radius 2 is 1.90 bits per heavy atom. The van der Waals surface area contributed by atoms with Crippen LogP contribution in [0.3, 0.4) is 0 Å². The minimum absolute atomic E-state index is 0.0377. The van der Waals surface area contributed by atoms with E-state index in [-0.39, 0.29) is 6.42 Å². The summed E-state index contributed by atoms with van der Waals surface area (Å²) in [6, 6.07) is 15.2. The molecule has 0 spiro atoms. The Balaban J connectivity index is 2.08. The van der Waals surface area contributed by atoms with Gasteiger partial charge in [0.25, 0.3) is 0 Å². The molecule has 4 heteroatoms. The quantitative estimate of drug-likeness (QED) is 0.848. The molecule has 0 aliphatic rings. The Morgan fingerprint density at radius 3 is 2.60 bits per heavy atom. The summed E-state index contributed by atoms with van der Waals surface area (Å²) < 4.78 is 5.17. The molecule has 4 nitrogen and oxygen atoms in total. The molecule has 2 aromatic rings. The van der Waals surface area contributed by atoms with Crippen molar-refractivity contribution in [2.45, 2.75) is 13.0 Å². The summed E-state index contributed by atoms with van der Waals surface area (Å²) >= 11 is 0. The molecule has 0 fully saturated rings. The molecule has 0 aromatic heterocycles. The molecule has 104 valence electrons. The van der Waals surface area contributed by atoms with Crippen molar-refractivity contribution in [3.8, 4) is 5.75 Å². The van der Waals surface area contributed by atoms with Crippen molar-refractivity contribution in [2.24, 2.45) is 0 Å². The fraction of sp³-hybridized carbons (Fsp3) is 0.188. The first-order valence-corrected chi connectivity index (χ1v) is 6.35. The Bertz CT molecular complexity index is 596. The highest BCUT2D eigenvalue weighted by Gasteiger charge is 2.06. The number of hydrogen-bond donors (Lipinski definition) is 2. The van der Waals surface area contributed by atoms with Crippen molar-refractivity contribution in [3.63, 3.8) is 0 Å². The number of anilines is 1. The minimum atomic E-state index is -0.821. The Morgan fingerprint density at radius 1 is 1.15 bits per heavy atom. The van der Waals surface area contributed by atoms with Crippen molar-refractivity contribution in [1.82, 2.24) is 0 Å². The van der Waals surface area contributed by atoms with E-state index in [1.165, 1.54) is 0 Å². The van der Waals surface area contributed by atoms with E-state index in [1.54, 1.807) is 7.11 Å². The molecular formula is C16H17NO3. The fourth-order valence-electron chi connectivity index (χ4n) is 2.00. The van der Waals surface area contributed by atoms with E-state index in [2.05, 4.69) is 5.32 Å². The van der Waals surface area contributed by atoms with E-state index in [0.29, 0.717) is 6.54 Å². The lowest BCUT2D eigenvalue weighted by Gasteiger charge is -2.11. The lowest BCUT2D eigenvalue weighted by atomic mass is 10.0. The fourth-order valence-corrected chi connectivity index (χ4v) is 2.00. The summed E-state index contributed by atoms with van der Waals surface area (Å²) in [6.07, 6.45) is 0.0377. The second-order valence-electron chi connectivity index (χ2n) is 4.42. The summed E-state index contributed by atoms with van der Waals surface area (Å²) in [5.74, 6) is -0.0346. The van der Waals surface area contributed by atoms with Crippen LogP contribution in [0.4, 0.5) is 5.69 Å². The molecule has 0 aliphatic heterocycles. The highest BCUT2D eigenvalue weighted by atomic mass is 16.5. The van der Waals surface area contributed by atoms with Crippen LogP contribution in [-0.2, 0) is 17.8 Å². The Kier molecular flexibility index (Phi) is 4.60. The first-order valence-electron chi connectivity index (χ1n) is 6.35. The second kappa shape index (κ2) is 6.61. The molecule has 0 heterocycles. The van der Waals surface area contributed by atoms with E-state index in [0.717, 1.165) is 22.6 Å². The Labute approximate surface area is 118 Å². The van der Waals surface area contributed by atoms with Gasteiger partial charge in [0.2, 0.25) is 0 Å². The number of hydrogen-bond acceptors (Lipinski definition) is 3. The number of carbonyl (C=O) groups is 1. The number of carboxylic acids is 1. The summed E-state index contributed by atoms with van der Waals surface area (Å²) in [4.78, 5) is 10.8. The lowest BCUT2D eigenvalue weighted by molar-refractivity contribution is -0.136. The normalized spacial score (nSPS) is 10.1. The van der Waals surface area contributed by atoms with Crippen molar-refractivity contribution in [2.75, 3.05) is 12.4 Å². The van der Waals surface area contributed by atoms with Gasteiger partial charge in [-0.15, -0.1) is 0 Å². The molecule has 2 aromatic carbocycles. The van der Waals surface area contributed by atoms with Crippen LogP contribution in [0.1, 0.15) is 11.1 Å². The molecule has 0 saturated carbocycles. The number of ether oxygens (including phenoxy) is 1. The van der Waals surface area contributed by atoms with E-state index in [4.69, 9.17) is 9.84 Å². The third kappa shape index (κ3) is 3.75. The van der Waals surface area contributed by atoms with Gasteiger partial charge in [-0.25, -0.2) is 0 Å². The zero-order valence-electron chi connectivity index (χ0n) is 11.3. The molecule has 0 amide bonds. The summed E-state index contributed by atoms with van der Waals surface area (Å²) in [6.45, 7) is 0.580. The molecule has 0 radical (unpaired) electrons. The van der Waals surface area contributed by atoms with E-state index in [1.807, 2.05) is 48.5 Å². The largest absolute Gasteiger partial charge is 0.497 e. The SMILES string of the molecule is COc1cccc(NCc2ccccc2CC(=O)O)c1. The first kappa shape index (κ1) is 13.9. The van der Waals surface area contributed by atoms with Crippen molar-refractivity contribution >= 4 is 11.7 Å². The monoisotopic (exact) mass is 271 g/mol. The van der Waals surface area contributed by atoms with Crippen molar-refractivity contribution in [3.05, 3.63) is 59.7 Å². The van der Waals surface area contributed by atoms with Gasteiger partial charge in [-0.2, -0.15) is 0 Å². The van der Waals surface area contributed by atoms with E-state index in [9.17, 15) is 4.79 Å². The molecule has 0 saturated heterocycles.